The summed E-state index contributed by atoms with van der Waals surface area (Å²) in [6, 6.07) is 1.67. The zero-order chi connectivity index (χ0) is 9.80. The molecular weight excluding hydrogens is 172 g/mol. The largest absolute Gasteiger partial charge is 0.316 e. The number of hydrogen-bond acceptors (Lipinski definition) is 2. The van der Waals surface area contributed by atoms with Crippen LogP contribution < -0.4 is 5.32 Å². The van der Waals surface area contributed by atoms with Crippen LogP contribution >= 0.6 is 0 Å². The average molecular weight is 196 g/mol. The molecule has 0 aromatic carbocycles. The summed E-state index contributed by atoms with van der Waals surface area (Å²) in [6.07, 6.45) is 10.1. The van der Waals surface area contributed by atoms with Crippen LogP contribution in [0.5, 0.6) is 0 Å². The Kier molecular flexibility index (Phi) is 3.82. The van der Waals surface area contributed by atoms with Gasteiger partial charge in [-0.3, -0.25) is 4.90 Å². The molecule has 14 heavy (non-hydrogen) atoms. The van der Waals surface area contributed by atoms with Crippen LogP contribution in [0.4, 0.5) is 0 Å². The summed E-state index contributed by atoms with van der Waals surface area (Å²) in [4.78, 5) is 2.74. The Morgan fingerprint density at radius 2 is 1.79 bits per heavy atom. The van der Waals surface area contributed by atoms with Gasteiger partial charge in [-0.2, -0.15) is 0 Å². The first-order valence-electron chi connectivity index (χ1n) is 6.31. The molecule has 2 nitrogen and oxygen atoms in total. The molecule has 1 aliphatic carbocycles. The van der Waals surface area contributed by atoms with Crippen LogP contribution in [-0.2, 0) is 0 Å². The number of nitrogens with one attached hydrogen (secondary N) is 1. The molecule has 0 radical (unpaired) electrons. The molecule has 1 N–H and O–H groups in total. The lowest BCUT2D eigenvalue weighted by Gasteiger charge is -2.39. The molecule has 0 aromatic rings. The molecule has 0 amide bonds. The van der Waals surface area contributed by atoms with Gasteiger partial charge in [0.25, 0.3) is 0 Å². The number of nitrogens with zero attached hydrogens (tertiary/aromatic N) is 1. The summed E-state index contributed by atoms with van der Waals surface area (Å²) in [5.41, 5.74) is 0. The number of rotatable bonds is 2. The topological polar surface area (TPSA) is 15.3 Å². The van der Waals surface area contributed by atoms with Gasteiger partial charge in [0.15, 0.2) is 0 Å². The van der Waals surface area contributed by atoms with Gasteiger partial charge in [0.2, 0.25) is 0 Å². The third kappa shape index (κ3) is 2.48. The van der Waals surface area contributed by atoms with Gasteiger partial charge in [-0.25, -0.2) is 0 Å². The van der Waals surface area contributed by atoms with E-state index in [1.54, 1.807) is 0 Å². The maximum atomic E-state index is 3.43. The van der Waals surface area contributed by atoms with Crippen molar-refractivity contribution >= 4 is 0 Å². The Balaban J connectivity index is 1.83. The van der Waals surface area contributed by atoms with Crippen molar-refractivity contribution in [3.63, 3.8) is 0 Å². The van der Waals surface area contributed by atoms with Gasteiger partial charge in [-0.05, 0) is 39.3 Å². The van der Waals surface area contributed by atoms with Gasteiger partial charge in [0.1, 0.15) is 0 Å². The summed E-state index contributed by atoms with van der Waals surface area (Å²) in [5, 5.41) is 3.43. The number of likely N-dealkylation sites (tertiary alicyclic amines) is 1. The molecule has 1 saturated carbocycles. The van der Waals surface area contributed by atoms with Crippen molar-refractivity contribution < 1.29 is 0 Å². The molecule has 82 valence electrons. The van der Waals surface area contributed by atoms with Crippen molar-refractivity contribution in [1.29, 1.82) is 0 Å². The third-order valence-electron chi connectivity index (χ3n) is 3.95. The molecular formula is C12H24N2. The Bertz CT molecular complexity index is 164. The molecule has 1 aliphatic heterocycles. The zero-order valence-corrected chi connectivity index (χ0v) is 9.47. The van der Waals surface area contributed by atoms with Gasteiger partial charge in [0.05, 0.1) is 0 Å². The zero-order valence-electron chi connectivity index (χ0n) is 9.47. The first-order valence-corrected chi connectivity index (χ1v) is 6.31. The van der Waals surface area contributed by atoms with Crippen LogP contribution in [0.3, 0.4) is 0 Å². The van der Waals surface area contributed by atoms with Gasteiger partial charge in [-0.1, -0.05) is 19.3 Å². The van der Waals surface area contributed by atoms with Crippen molar-refractivity contribution in [2.45, 2.75) is 57.0 Å². The monoisotopic (exact) mass is 196 g/mol. The van der Waals surface area contributed by atoms with Gasteiger partial charge < -0.3 is 5.32 Å². The fourth-order valence-electron chi connectivity index (χ4n) is 3.02. The van der Waals surface area contributed by atoms with Crippen molar-refractivity contribution in [2.24, 2.45) is 0 Å². The van der Waals surface area contributed by atoms with E-state index < -0.39 is 0 Å². The first kappa shape index (κ1) is 10.4. The van der Waals surface area contributed by atoms with Crippen LogP contribution in [0.2, 0.25) is 0 Å². The summed E-state index contributed by atoms with van der Waals surface area (Å²) in [6.45, 7) is 2.64. The predicted molar refractivity (Wildman–Crippen MR) is 60.5 cm³/mol. The number of hydrogen-bond donors (Lipinski definition) is 1. The molecule has 2 fully saturated rings. The molecule has 2 rings (SSSR count). The smallest absolute Gasteiger partial charge is 0.0192 e. The fourth-order valence-corrected chi connectivity index (χ4v) is 3.02. The van der Waals surface area contributed by atoms with E-state index >= 15 is 0 Å². The highest BCUT2D eigenvalue weighted by Crippen LogP contribution is 2.25. The van der Waals surface area contributed by atoms with Gasteiger partial charge >= 0.3 is 0 Å². The molecule has 0 bridgehead atoms. The highest BCUT2D eigenvalue weighted by atomic mass is 15.2. The molecule has 0 unspecified atom stereocenters. The third-order valence-corrected chi connectivity index (χ3v) is 3.95. The standard InChI is InChI=1S/C12H24N2/c1-13-11-6-5-9-14(10-11)12-7-3-2-4-8-12/h11-13H,2-10H2,1H3/t11-/m0/s1. The Hall–Kier alpha value is -0.0800. The van der Waals surface area contributed by atoms with Crippen molar-refractivity contribution in [2.75, 3.05) is 20.1 Å². The van der Waals surface area contributed by atoms with E-state index in [9.17, 15) is 0 Å². The van der Waals surface area contributed by atoms with E-state index in [4.69, 9.17) is 0 Å². The van der Waals surface area contributed by atoms with Gasteiger partial charge in [0, 0.05) is 18.6 Å². The molecule has 1 heterocycles. The number of piperidine rings is 1. The number of likely N-dealkylation sites (N-methyl/N-ethyl adjacent to an activating group) is 1. The second-order valence-electron chi connectivity index (χ2n) is 4.91. The molecule has 2 aliphatic rings. The Morgan fingerprint density at radius 3 is 2.50 bits per heavy atom. The molecule has 1 saturated heterocycles. The van der Waals surface area contributed by atoms with E-state index in [2.05, 4.69) is 17.3 Å². The van der Waals surface area contributed by atoms with Crippen LogP contribution in [-0.4, -0.2) is 37.1 Å². The van der Waals surface area contributed by atoms with E-state index in [1.807, 2.05) is 0 Å². The first-order chi connectivity index (χ1) is 6.90. The van der Waals surface area contributed by atoms with Crippen molar-refractivity contribution in [3.05, 3.63) is 0 Å². The maximum Gasteiger partial charge on any atom is 0.0192 e. The lowest BCUT2D eigenvalue weighted by Crippen LogP contribution is -2.49. The molecule has 1 atom stereocenters. The van der Waals surface area contributed by atoms with E-state index in [0.29, 0.717) is 0 Å². The second kappa shape index (κ2) is 5.13. The van der Waals surface area contributed by atoms with Crippen LogP contribution in [0, 0.1) is 0 Å². The molecule has 0 spiro atoms. The Morgan fingerprint density at radius 1 is 1.00 bits per heavy atom. The quantitative estimate of drug-likeness (QED) is 0.727. The summed E-state index contributed by atoms with van der Waals surface area (Å²) < 4.78 is 0. The van der Waals surface area contributed by atoms with E-state index in [0.717, 1.165) is 12.1 Å². The second-order valence-corrected chi connectivity index (χ2v) is 4.91. The molecule has 0 aromatic heterocycles. The minimum Gasteiger partial charge on any atom is -0.316 e. The highest BCUT2D eigenvalue weighted by Gasteiger charge is 2.25. The van der Waals surface area contributed by atoms with E-state index in [-0.39, 0.29) is 0 Å². The highest BCUT2D eigenvalue weighted by molar-refractivity contribution is 4.83. The lowest BCUT2D eigenvalue weighted by atomic mass is 9.92. The summed E-state index contributed by atoms with van der Waals surface area (Å²) in [5.74, 6) is 0. The Labute approximate surface area is 88.1 Å². The summed E-state index contributed by atoms with van der Waals surface area (Å²) >= 11 is 0. The predicted octanol–water partition coefficient (Wildman–Crippen LogP) is 2.00. The summed E-state index contributed by atoms with van der Waals surface area (Å²) in [7, 11) is 2.11. The van der Waals surface area contributed by atoms with Crippen LogP contribution in [0.1, 0.15) is 44.9 Å². The van der Waals surface area contributed by atoms with E-state index in [1.165, 1.54) is 58.0 Å². The SMILES string of the molecule is CN[C@H]1CCCN(C2CCCCC2)C1. The minimum absolute atomic E-state index is 0.755. The average Bonchev–Trinajstić information content (AvgIpc) is 2.30. The normalized spacial score (nSPS) is 31.9. The lowest BCUT2D eigenvalue weighted by molar-refractivity contribution is 0.112. The van der Waals surface area contributed by atoms with Crippen LogP contribution in [0.25, 0.3) is 0 Å². The van der Waals surface area contributed by atoms with Gasteiger partial charge in [-0.15, -0.1) is 0 Å². The van der Waals surface area contributed by atoms with Crippen molar-refractivity contribution in [1.82, 2.24) is 10.2 Å². The molecule has 2 heteroatoms. The minimum atomic E-state index is 0.755. The fraction of sp³-hybridized carbons (Fsp3) is 1.00. The van der Waals surface area contributed by atoms with Crippen LogP contribution in [0.15, 0.2) is 0 Å². The van der Waals surface area contributed by atoms with Crippen molar-refractivity contribution in [3.8, 4) is 0 Å². The maximum absolute atomic E-state index is 3.43.